The van der Waals surface area contributed by atoms with Gasteiger partial charge in [-0.25, -0.2) is 13.2 Å². The van der Waals surface area contributed by atoms with Crippen LogP contribution in [0.5, 0.6) is 0 Å². The van der Waals surface area contributed by atoms with Gasteiger partial charge in [0.25, 0.3) is 0 Å². The van der Waals surface area contributed by atoms with Crippen LogP contribution >= 0.6 is 0 Å². The zero-order valence-corrected chi connectivity index (χ0v) is 11.4. The predicted octanol–water partition coefficient (Wildman–Crippen LogP) is -0.882. The van der Waals surface area contributed by atoms with Crippen LogP contribution in [0, 0.1) is 0 Å². The van der Waals surface area contributed by atoms with Crippen LogP contribution < -0.4 is 11.1 Å². The highest BCUT2D eigenvalue weighted by Gasteiger charge is 2.23. The van der Waals surface area contributed by atoms with Crippen LogP contribution in [0.2, 0.25) is 0 Å². The molecule has 0 saturated carbocycles. The Hall–Kier alpha value is -1.15. The number of nitrogens with two attached hydrogens (primary N) is 1. The molecule has 7 nitrogen and oxygen atoms in total. The van der Waals surface area contributed by atoms with E-state index in [1.54, 1.807) is 0 Å². The van der Waals surface area contributed by atoms with Crippen molar-refractivity contribution >= 4 is 21.7 Å². The fourth-order valence-electron chi connectivity index (χ4n) is 1.31. The zero-order chi connectivity index (χ0) is 14.3. The van der Waals surface area contributed by atoms with Gasteiger partial charge in [0.15, 0.2) is 0 Å². The number of hydrogen-bond acceptors (Lipinski definition) is 5. The van der Waals surface area contributed by atoms with Crippen molar-refractivity contribution in [3.05, 3.63) is 0 Å². The Morgan fingerprint density at radius 3 is 2.28 bits per heavy atom. The van der Waals surface area contributed by atoms with E-state index >= 15 is 0 Å². The molecule has 18 heavy (non-hydrogen) atoms. The minimum Gasteiger partial charge on any atom is -0.480 e. The first-order valence-corrected chi connectivity index (χ1v) is 7.70. The first-order valence-electron chi connectivity index (χ1n) is 5.64. The standard InChI is InChI=1S/C10H20N2O5S/c1-3-4-7(11)9(13)12-8(10(14)15)5-6-18(2,16)17/h7-8H,3-6,11H2,1-2H3,(H,12,13)(H,14,15)/t7-,8?/m1/s1. The molecule has 0 bridgehead atoms. The zero-order valence-electron chi connectivity index (χ0n) is 10.5. The van der Waals surface area contributed by atoms with E-state index < -0.39 is 33.8 Å². The van der Waals surface area contributed by atoms with Gasteiger partial charge in [-0.1, -0.05) is 13.3 Å². The summed E-state index contributed by atoms with van der Waals surface area (Å²) in [7, 11) is -3.26. The summed E-state index contributed by atoms with van der Waals surface area (Å²) in [5.41, 5.74) is 5.53. The predicted molar refractivity (Wildman–Crippen MR) is 66.8 cm³/mol. The highest BCUT2D eigenvalue weighted by Crippen LogP contribution is 2.00. The van der Waals surface area contributed by atoms with E-state index in [1.165, 1.54) is 0 Å². The number of aliphatic carboxylic acids is 1. The summed E-state index contributed by atoms with van der Waals surface area (Å²) in [6.45, 7) is 1.85. The molecule has 1 unspecified atom stereocenters. The minimum atomic E-state index is -3.26. The molecule has 0 spiro atoms. The van der Waals surface area contributed by atoms with E-state index in [2.05, 4.69) is 5.32 Å². The molecular formula is C10H20N2O5S. The number of carbonyl (C=O) groups excluding carboxylic acids is 1. The second-order valence-electron chi connectivity index (χ2n) is 4.21. The van der Waals surface area contributed by atoms with Gasteiger partial charge in [-0.05, 0) is 12.8 Å². The largest absolute Gasteiger partial charge is 0.480 e. The fraction of sp³-hybridized carbons (Fsp3) is 0.800. The summed E-state index contributed by atoms with van der Waals surface area (Å²) in [5, 5.41) is 11.1. The van der Waals surface area contributed by atoms with Crippen molar-refractivity contribution in [3.63, 3.8) is 0 Å². The number of nitrogens with one attached hydrogen (secondary N) is 1. The van der Waals surface area contributed by atoms with E-state index in [1.807, 2.05) is 6.92 Å². The lowest BCUT2D eigenvalue weighted by atomic mass is 10.1. The normalized spacial score (nSPS) is 14.8. The molecule has 0 rings (SSSR count). The molecule has 0 aromatic carbocycles. The van der Waals surface area contributed by atoms with E-state index in [-0.39, 0.29) is 12.2 Å². The van der Waals surface area contributed by atoms with Crippen LogP contribution in [0.1, 0.15) is 26.2 Å². The van der Waals surface area contributed by atoms with Crippen molar-refractivity contribution in [2.24, 2.45) is 5.73 Å². The van der Waals surface area contributed by atoms with Crippen molar-refractivity contribution in [1.29, 1.82) is 0 Å². The number of rotatable bonds is 8. The summed E-state index contributed by atoms with van der Waals surface area (Å²) < 4.78 is 21.9. The third kappa shape index (κ3) is 7.23. The molecule has 0 radical (unpaired) electrons. The van der Waals surface area contributed by atoms with Crippen LogP contribution in [0.3, 0.4) is 0 Å². The topological polar surface area (TPSA) is 127 Å². The summed E-state index contributed by atoms with van der Waals surface area (Å²) in [4.78, 5) is 22.4. The van der Waals surface area contributed by atoms with E-state index in [9.17, 15) is 18.0 Å². The van der Waals surface area contributed by atoms with Crippen LogP contribution in [-0.2, 0) is 19.4 Å². The molecule has 0 aliphatic heterocycles. The first kappa shape index (κ1) is 16.9. The smallest absolute Gasteiger partial charge is 0.326 e. The summed E-state index contributed by atoms with van der Waals surface area (Å²) >= 11 is 0. The van der Waals surface area contributed by atoms with Crippen molar-refractivity contribution in [2.75, 3.05) is 12.0 Å². The fourth-order valence-corrected chi connectivity index (χ4v) is 1.97. The maximum Gasteiger partial charge on any atom is 0.326 e. The molecule has 0 aliphatic rings. The van der Waals surface area contributed by atoms with Crippen molar-refractivity contribution in [1.82, 2.24) is 5.32 Å². The molecule has 0 aliphatic carbocycles. The summed E-state index contributed by atoms with van der Waals surface area (Å²) in [6, 6.07) is -2.00. The molecule has 8 heteroatoms. The Bertz CT molecular complexity index is 393. The highest BCUT2D eigenvalue weighted by atomic mass is 32.2. The van der Waals surface area contributed by atoms with Gasteiger partial charge >= 0.3 is 5.97 Å². The Balaban J connectivity index is 4.45. The van der Waals surface area contributed by atoms with Crippen molar-refractivity contribution in [2.45, 2.75) is 38.3 Å². The van der Waals surface area contributed by atoms with E-state index in [4.69, 9.17) is 10.8 Å². The van der Waals surface area contributed by atoms with Crippen molar-refractivity contribution < 1.29 is 23.1 Å². The summed E-state index contributed by atoms with van der Waals surface area (Å²) in [5.74, 6) is -2.14. The molecule has 4 N–H and O–H groups in total. The van der Waals surface area contributed by atoms with Crippen LogP contribution in [0.15, 0.2) is 0 Å². The molecule has 0 heterocycles. The van der Waals surface area contributed by atoms with Crippen LogP contribution in [0.4, 0.5) is 0 Å². The maximum atomic E-state index is 11.5. The van der Waals surface area contributed by atoms with Gasteiger partial charge in [-0.2, -0.15) is 0 Å². The Morgan fingerprint density at radius 1 is 1.33 bits per heavy atom. The molecule has 2 atom stereocenters. The maximum absolute atomic E-state index is 11.5. The minimum absolute atomic E-state index is 0.168. The van der Waals surface area contributed by atoms with Gasteiger partial charge in [-0.15, -0.1) is 0 Å². The lowest BCUT2D eigenvalue weighted by Crippen LogP contribution is -2.48. The average molecular weight is 280 g/mol. The second-order valence-corrected chi connectivity index (χ2v) is 6.47. The number of amides is 1. The lowest BCUT2D eigenvalue weighted by Gasteiger charge is -2.17. The van der Waals surface area contributed by atoms with Gasteiger partial charge in [0.05, 0.1) is 11.8 Å². The molecule has 1 amide bonds. The SMILES string of the molecule is CCC[C@@H](N)C(=O)NC(CCS(C)(=O)=O)C(=O)O. The number of carboxylic acids is 1. The van der Waals surface area contributed by atoms with E-state index in [0.29, 0.717) is 12.8 Å². The Kier molecular flexibility index (Phi) is 6.85. The molecular weight excluding hydrogens is 260 g/mol. The molecule has 106 valence electrons. The van der Waals surface area contributed by atoms with Gasteiger partial charge in [0, 0.05) is 6.26 Å². The van der Waals surface area contributed by atoms with Gasteiger partial charge in [0.2, 0.25) is 5.91 Å². The van der Waals surface area contributed by atoms with E-state index in [0.717, 1.165) is 6.26 Å². The number of carbonyl (C=O) groups is 2. The third-order valence-electron chi connectivity index (χ3n) is 2.33. The number of carboxylic acid groups (broad SMARTS) is 1. The molecule has 0 fully saturated rings. The third-order valence-corrected chi connectivity index (χ3v) is 3.31. The van der Waals surface area contributed by atoms with Crippen LogP contribution in [-0.4, -0.2) is 49.5 Å². The van der Waals surface area contributed by atoms with Crippen molar-refractivity contribution in [3.8, 4) is 0 Å². The Labute approximate surface area is 107 Å². The molecule has 0 aromatic heterocycles. The van der Waals surface area contributed by atoms with Gasteiger partial charge in [-0.3, -0.25) is 4.79 Å². The van der Waals surface area contributed by atoms with Gasteiger partial charge < -0.3 is 16.2 Å². The highest BCUT2D eigenvalue weighted by molar-refractivity contribution is 7.90. The first-order chi connectivity index (χ1) is 8.17. The molecule has 0 aromatic rings. The Morgan fingerprint density at radius 2 is 1.89 bits per heavy atom. The monoisotopic (exact) mass is 280 g/mol. The molecule has 0 saturated heterocycles. The number of hydrogen-bond donors (Lipinski definition) is 3. The van der Waals surface area contributed by atoms with Crippen LogP contribution in [0.25, 0.3) is 0 Å². The average Bonchev–Trinajstić information content (AvgIpc) is 2.22. The quantitative estimate of drug-likeness (QED) is 0.530. The number of sulfone groups is 1. The second kappa shape index (κ2) is 7.32. The van der Waals surface area contributed by atoms with Gasteiger partial charge in [0.1, 0.15) is 15.9 Å². The summed E-state index contributed by atoms with van der Waals surface area (Å²) in [6.07, 6.45) is 2.00. The lowest BCUT2D eigenvalue weighted by molar-refractivity contribution is -0.142.